The van der Waals surface area contributed by atoms with Gasteiger partial charge in [-0.3, -0.25) is 9.59 Å². The van der Waals surface area contributed by atoms with Crippen LogP contribution in [-0.4, -0.2) is 47.4 Å². The molecule has 2 aliphatic heterocycles. The third-order valence-corrected chi connectivity index (χ3v) is 8.26. The molecule has 1 saturated heterocycles. The van der Waals surface area contributed by atoms with Gasteiger partial charge in [-0.15, -0.1) is 11.3 Å². The number of likely N-dealkylation sites (tertiary alicyclic amines) is 1. The normalized spacial score (nSPS) is 22.2. The standard InChI is InChI=1S/C27H27N3O3S/c1-15-5-3-6-17(11-15)25-24(29-16(2)34-25)27(32)30-14-18-12-21(18)22(30)13-28-26(31)20-7-4-8-23-19(20)9-10-33-23/h3-8,11,18,21-22H,9-10,12-14H2,1-2H3,(H,28,31)/t18-,21-,22+/m0/s1. The van der Waals surface area contributed by atoms with Gasteiger partial charge < -0.3 is 15.0 Å². The first kappa shape index (κ1) is 21.4. The molecule has 3 heterocycles. The number of benzene rings is 2. The first-order valence-corrected chi connectivity index (χ1v) is 12.7. The Bertz CT molecular complexity index is 1300. The highest BCUT2D eigenvalue weighted by Gasteiger charge is 2.54. The number of thiazole rings is 1. The van der Waals surface area contributed by atoms with Gasteiger partial charge in [-0.25, -0.2) is 4.98 Å². The Hall–Kier alpha value is -3.19. The quantitative estimate of drug-likeness (QED) is 0.601. The lowest BCUT2D eigenvalue weighted by atomic mass is 10.0. The molecule has 1 aliphatic carbocycles. The molecular weight excluding hydrogens is 446 g/mol. The van der Waals surface area contributed by atoms with E-state index >= 15 is 0 Å². The molecule has 2 fully saturated rings. The molecule has 174 valence electrons. The SMILES string of the molecule is Cc1cccc(-c2sc(C)nc2C(=O)N2C[C@@H]3C[C@@H]3[C@H]2CNC(=O)c2cccc3c2CCO3)c1. The van der Waals surface area contributed by atoms with Gasteiger partial charge in [0.05, 0.1) is 22.5 Å². The van der Waals surface area contributed by atoms with E-state index in [0.29, 0.717) is 36.2 Å². The van der Waals surface area contributed by atoms with Crippen molar-refractivity contribution in [2.75, 3.05) is 19.7 Å². The van der Waals surface area contributed by atoms with Gasteiger partial charge in [0.1, 0.15) is 11.4 Å². The number of aryl methyl sites for hydroxylation is 2. The maximum absolute atomic E-state index is 13.7. The minimum Gasteiger partial charge on any atom is -0.493 e. The summed E-state index contributed by atoms with van der Waals surface area (Å²) >= 11 is 1.56. The maximum atomic E-state index is 13.7. The van der Waals surface area contributed by atoms with E-state index in [1.54, 1.807) is 11.3 Å². The number of ether oxygens (including phenoxy) is 1. The van der Waals surface area contributed by atoms with Gasteiger partial charge in [-0.05, 0) is 49.8 Å². The third kappa shape index (κ3) is 3.68. The number of piperidine rings is 1. The minimum atomic E-state index is -0.0937. The Balaban J connectivity index is 1.22. The topological polar surface area (TPSA) is 71.5 Å². The summed E-state index contributed by atoms with van der Waals surface area (Å²) in [4.78, 5) is 34.3. The lowest BCUT2D eigenvalue weighted by Gasteiger charge is -2.27. The van der Waals surface area contributed by atoms with Crippen molar-refractivity contribution in [2.45, 2.75) is 32.7 Å². The van der Waals surface area contributed by atoms with E-state index in [1.807, 2.05) is 42.2 Å². The van der Waals surface area contributed by atoms with Gasteiger partial charge in [-0.1, -0.05) is 35.9 Å². The van der Waals surface area contributed by atoms with Crippen molar-refractivity contribution < 1.29 is 14.3 Å². The number of fused-ring (bicyclic) bond motifs is 2. The Morgan fingerprint density at radius 2 is 2.06 bits per heavy atom. The minimum absolute atomic E-state index is 0.00169. The van der Waals surface area contributed by atoms with E-state index in [-0.39, 0.29) is 17.9 Å². The van der Waals surface area contributed by atoms with E-state index in [2.05, 4.69) is 29.4 Å². The van der Waals surface area contributed by atoms with Crippen LogP contribution in [0.5, 0.6) is 5.75 Å². The van der Waals surface area contributed by atoms with Crippen LogP contribution in [0.3, 0.4) is 0 Å². The molecule has 6 rings (SSSR count). The fourth-order valence-corrected chi connectivity index (χ4v) is 6.39. The molecule has 1 saturated carbocycles. The molecule has 0 spiro atoms. The monoisotopic (exact) mass is 473 g/mol. The van der Waals surface area contributed by atoms with Gasteiger partial charge >= 0.3 is 0 Å². The first-order chi connectivity index (χ1) is 16.5. The summed E-state index contributed by atoms with van der Waals surface area (Å²) in [7, 11) is 0. The van der Waals surface area contributed by atoms with Crippen LogP contribution in [0.4, 0.5) is 0 Å². The zero-order chi connectivity index (χ0) is 23.4. The fraction of sp³-hybridized carbons (Fsp3) is 0.370. The van der Waals surface area contributed by atoms with Crippen molar-refractivity contribution >= 4 is 23.2 Å². The molecule has 0 unspecified atom stereocenters. The molecule has 1 aromatic heterocycles. The van der Waals surface area contributed by atoms with Crippen molar-refractivity contribution in [3.63, 3.8) is 0 Å². The molecule has 3 aliphatic rings. The summed E-state index contributed by atoms with van der Waals surface area (Å²) in [5.74, 6) is 1.67. The second-order valence-corrected chi connectivity index (χ2v) is 10.8. The second-order valence-electron chi connectivity index (χ2n) is 9.56. The molecule has 34 heavy (non-hydrogen) atoms. The molecule has 2 amide bonds. The summed E-state index contributed by atoms with van der Waals surface area (Å²) in [5.41, 5.74) is 4.37. The average Bonchev–Trinajstić information content (AvgIpc) is 3.16. The number of carbonyl (C=O) groups is 2. The lowest BCUT2D eigenvalue weighted by molar-refractivity contribution is 0.0690. The molecule has 2 aromatic carbocycles. The molecule has 7 heteroatoms. The molecule has 3 atom stereocenters. The van der Waals surface area contributed by atoms with Crippen LogP contribution in [0, 0.1) is 25.7 Å². The van der Waals surface area contributed by atoms with Crippen LogP contribution in [0.1, 0.15) is 43.4 Å². The smallest absolute Gasteiger partial charge is 0.274 e. The Labute approximate surface area is 203 Å². The molecule has 0 bridgehead atoms. The van der Waals surface area contributed by atoms with Crippen LogP contribution >= 0.6 is 11.3 Å². The van der Waals surface area contributed by atoms with Gasteiger partial charge in [0.25, 0.3) is 11.8 Å². The van der Waals surface area contributed by atoms with Crippen molar-refractivity contribution in [3.8, 4) is 16.2 Å². The van der Waals surface area contributed by atoms with Gasteiger partial charge in [0, 0.05) is 30.6 Å². The number of nitrogens with zero attached hydrogens (tertiary/aromatic N) is 2. The van der Waals surface area contributed by atoms with E-state index in [1.165, 1.54) is 0 Å². The number of amides is 2. The zero-order valence-electron chi connectivity index (χ0n) is 19.3. The first-order valence-electron chi connectivity index (χ1n) is 11.9. The van der Waals surface area contributed by atoms with E-state index in [0.717, 1.165) is 51.7 Å². The third-order valence-electron chi connectivity index (χ3n) is 7.24. The van der Waals surface area contributed by atoms with Crippen LogP contribution in [0.25, 0.3) is 10.4 Å². The van der Waals surface area contributed by atoms with Crippen LogP contribution in [0.2, 0.25) is 0 Å². The Kier molecular flexibility index (Phi) is 5.17. The van der Waals surface area contributed by atoms with Crippen molar-refractivity contribution in [1.29, 1.82) is 0 Å². The predicted molar refractivity (Wildman–Crippen MR) is 131 cm³/mol. The van der Waals surface area contributed by atoms with Crippen LogP contribution < -0.4 is 10.1 Å². The number of hydrogen-bond acceptors (Lipinski definition) is 5. The summed E-state index contributed by atoms with van der Waals surface area (Å²) in [6, 6.07) is 13.8. The zero-order valence-corrected chi connectivity index (χ0v) is 20.2. The lowest BCUT2D eigenvalue weighted by Crippen LogP contribution is -2.45. The van der Waals surface area contributed by atoms with Crippen molar-refractivity contribution in [2.24, 2.45) is 11.8 Å². The summed E-state index contributed by atoms with van der Waals surface area (Å²) in [6.45, 7) is 5.81. The highest BCUT2D eigenvalue weighted by molar-refractivity contribution is 7.15. The number of carbonyl (C=O) groups excluding carboxylic acids is 2. The predicted octanol–water partition coefficient (Wildman–Crippen LogP) is 4.25. The van der Waals surface area contributed by atoms with Crippen molar-refractivity contribution in [3.05, 3.63) is 69.9 Å². The molecule has 6 nitrogen and oxygen atoms in total. The largest absolute Gasteiger partial charge is 0.493 e. The summed E-state index contributed by atoms with van der Waals surface area (Å²) < 4.78 is 5.61. The number of nitrogens with one attached hydrogen (secondary N) is 1. The number of aromatic nitrogens is 1. The maximum Gasteiger partial charge on any atom is 0.274 e. The van der Waals surface area contributed by atoms with Crippen LogP contribution in [-0.2, 0) is 6.42 Å². The molecule has 1 N–H and O–H groups in total. The van der Waals surface area contributed by atoms with Gasteiger partial charge in [-0.2, -0.15) is 0 Å². The highest BCUT2D eigenvalue weighted by atomic mass is 32.1. The summed E-state index contributed by atoms with van der Waals surface area (Å²) in [5, 5.41) is 4.00. The molecular formula is C27H27N3O3S. The molecule has 0 radical (unpaired) electrons. The molecule has 3 aromatic rings. The Morgan fingerprint density at radius 3 is 2.91 bits per heavy atom. The van der Waals surface area contributed by atoms with E-state index < -0.39 is 0 Å². The number of hydrogen-bond donors (Lipinski definition) is 1. The Morgan fingerprint density at radius 1 is 1.21 bits per heavy atom. The van der Waals surface area contributed by atoms with Crippen molar-refractivity contribution in [1.82, 2.24) is 15.2 Å². The van der Waals surface area contributed by atoms with E-state index in [9.17, 15) is 9.59 Å². The van der Waals surface area contributed by atoms with Gasteiger partial charge in [0.2, 0.25) is 0 Å². The summed E-state index contributed by atoms with van der Waals surface area (Å²) in [6.07, 6.45) is 1.88. The number of rotatable bonds is 5. The van der Waals surface area contributed by atoms with Gasteiger partial charge in [0.15, 0.2) is 0 Å². The second kappa shape index (κ2) is 8.24. The fourth-order valence-electron chi connectivity index (χ4n) is 5.48. The van der Waals surface area contributed by atoms with E-state index in [4.69, 9.17) is 4.74 Å². The van der Waals surface area contributed by atoms with Crippen LogP contribution in [0.15, 0.2) is 42.5 Å². The highest BCUT2D eigenvalue weighted by Crippen LogP contribution is 2.50. The average molecular weight is 474 g/mol.